The molecule has 0 radical (unpaired) electrons. The van der Waals surface area contributed by atoms with Gasteiger partial charge in [-0.25, -0.2) is 4.79 Å². The predicted octanol–water partition coefficient (Wildman–Crippen LogP) is 3.98. The number of carbonyl (C=O) groups excluding carboxylic acids is 1. The molecule has 0 aliphatic carbocycles. The number of carbonyl (C=O) groups is 1. The molecule has 3 aromatic rings. The molecule has 0 spiro atoms. The zero-order valence-electron chi connectivity index (χ0n) is 14.5. The van der Waals surface area contributed by atoms with Crippen LogP contribution in [0.2, 0.25) is 0 Å². The molecule has 2 aromatic carbocycles. The van der Waals surface area contributed by atoms with Gasteiger partial charge < -0.3 is 15.4 Å². The van der Waals surface area contributed by atoms with Gasteiger partial charge in [-0.3, -0.25) is 5.10 Å². The van der Waals surface area contributed by atoms with Gasteiger partial charge in [-0.15, -0.1) is 0 Å². The van der Waals surface area contributed by atoms with Crippen molar-refractivity contribution in [3.8, 4) is 0 Å². The number of amides is 1. The molecule has 136 valence electrons. The number of halogens is 1. The van der Waals surface area contributed by atoms with Gasteiger partial charge >= 0.3 is 6.09 Å². The lowest BCUT2D eigenvalue weighted by Gasteiger charge is -2.19. The second-order valence-electron chi connectivity index (χ2n) is 6.13. The number of nitrogens with two attached hydrogens (primary N) is 1. The molecule has 0 fully saturated rings. The van der Waals surface area contributed by atoms with Crippen LogP contribution < -0.4 is 5.73 Å². The molecular weight excluding hydrogens is 396 g/mol. The van der Waals surface area contributed by atoms with Gasteiger partial charge in [-0.2, -0.15) is 5.10 Å². The van der Waals surface area contributed by atoms with Crippen molar-refractivity contribution in [1.82, 2.24) is 15.1 Å². The van der Waals surface area contributed by atoms with Crippen LogP contribution in [-0.4, -0.2) is 34.8 Å². The van der Waals surface area contributed by atoms with E-state index >= 15 is 0 Å². The van der Waals surface area contributed by atoms with E-state index in [1.807, 2.05) is 48.5 Å². The summed E-state index contributed by atoms with van der Waals surface area (Å²) in [5, 5.41) is 8.28. The van der Waals surface area contributed by atoms with Gasteiger partial charge in [0.25, 0.3) is 0 Å². The standard InChI is InChI=1S/C19H21BrN4O2/c1-24(19(25)26-12-13-6-3-2-4-7-13)11-10-15(21)18-17-14(20)8-5-9-16(17)22-23-18/h2-9,15H,10-12,21H2,1H3,(H,22,23). The van der Waals surface area contributed by atoms with Gasteiger partial charge in [-0.1, -0.05) is 52.3 Å². The Balaban J connectivity index is 1.54. The van der Waals surface area contributed by atoms with Crippen molar-refractivity contribution in [2.24, 2.45) is 5.73 Å². The zero-order valence-corrected chi connectivity index (χ0v) is 16.1. The van der Waals surface area contributed by atoms with Gasteiger partial charge in [0.05, 0.1) is 11.2 Å². The molecule has 0 aliphatic rings. The van der Waals surface area contributed by atoms with E-state index in [-0.39, 0.29) is 18.7 Å². The van der Waals surface area contributed by atoms with Crippen molar-refractivity contribution in [2.75, 3.05) is 13.6 Å². The molecule has 3 rings (SSSR count). The van der Waals surface area contributed by atoms with Crippen LogP contribution in [0.25, 0.3) is 10.9 Å². The van der Waals surface area contributed by atoms with Gasteiger partial charge in [-0.05, 0) is 24.1 Å². The topological polar surface area (TPSA) is 84.2 Å². The van der Waals surface area contributed by atoms with E-state index < -0.39 is 0 Å². The summed E-state index contributed by atoms with van der Waals surface area (Å²) in [6, 6.07) is 15.2. The van der Waals surface area contributed by atoms with E-state index in [0.717, 1.165) is 26.6 Å². The van der Waals surface area contributed by atoms with E-state index in [4.69, 9.17) is 10.5 Å². The lowest BCUT2D eigenvalue weighted by atomic mass is 10.1. The minimum absolute atomic E-state index is 0.258. The van der Waals surface area contributed by atoms with Crippen LogP contribution in [-0.2, 0) is 11.3 Å². The van der Waals surface area contributed by atoms with Crippen LogP contribution in [0.15, 0.2) is 53.0 Å². The van der Waals surface area contributed by atoms with Crippen molar-refractivity contribution < 1.29 is 9.53 Å². The Hall–Kier alpha value is -2.38. The SMILES string of the molecule is CN(CCC(N)c1[nH]nc2cccc(Br)c12)C(=O)OCc1ccccc1. The summed E-state index contributed by atoms with van der Waals surface area (Å²) < 4.78 is 6.27. The summed E-state index contributed by atoms with van der Waals surface area (Å²) in [7, 11) is 1.71. The van der Waals surface area contributed by atoms with Crippen molar-refractivity contribution in [3.63, 3.8) is 0 Å². The molecular formula is C19H21BrN4O2. The first-order valence-electron chi connectivity index (χ1n) is 8.36. The third-order valence-electron chi connectivity index (χ3n) is 4.22. The molecule has 0 saturated heterocycles. The van der Waals surface area contributed by atoms with Crippen LogP contribution in [0.5, 0.6) is 0 Å². The maximum absolute atomic E-state index is 12.1. The largest absolute Gasteiger partial charge is 0.445 e. The van der Waals surface area contributed by atoms with Crippen LogP contribution in [0.3, 0.4) is 0 Å². The fourth-order valence-electron chi connectivity index (χ4n) is 2.72. The average Bonchev–Trinajstić information content (AvgIpc) is 3.10. The minimum atomic E-state index is -0.364. The van der Waals surface area contributed by atoms with Crippen LogP contribution in [0.4, 0.5) is 4.79 Å². The first-order chi connectivity index (χ1) is 12.6. The smallest absolute Gasteiger partial charge is 0.409 e. The molecule has 26 heavy (non-hydrogen) atoms. The average molecular weight is 417 g/mol. The molecule has 0 bridgehead atoms. The minimum Gasteiger partial charge on any atom is -0.445 e. The number of H-pyrrole nitrogens is 1. The summed E-state index contributed by atoms with van der Waals surface area (Å²) in [4.78, 5) is 13.7. The highest BCUT2D eigenvalue weighted by atomic mass is 79.9. The molecule has 0 aliphatic heterocycles. The number of rotatable bonds is 6. The van der Waals surface area contributed by atoms with Gasteiger partial charge in [0.2, 0.25) is 0 Å². The third kappa shape index (κ3) is 4.23. The maximum Gasteiger partial charge on any atom is 0.409 e. The Kier molecular flexibility index (Phi) is 5.90. The molecule has 1 heterocycles. The molecule has 0 saturated carbocycles. The summed E-state index contributed by atoms with van der Waals surface area (Å²) in [6.45, 7) is 0.744. The number of ether oxygens (including phenoxy) is 1. The molecule has 1 atom stereocenters. The van der Waals surface area contributed by atoms with Crippen molar-refractivity contribution in [1.29, 1.82) is 0 Å². The number of benzene rings is 2. The highest BCUT2D eigenvalue weighted by molar-refractivity contribution is 9.10. The Morgan fingerprint density at radius 2 is 2.04 bits per heavy atom. The van der Waals surface area contributed by atoms with Gasteiger partial charge in [0.15, 0.2) is 0 Å². The van der Waals surface area contributed by atoms with Crippen LogP contribution >= 0.6 is 15.9 Å². The molecule has 1 amide bonds. The number of nitrogens with one attached hydrogen (secondary N) is 1. The van der Waals surface area contributed by atoms with E-state index in [2.05, 4.69) is 26.1 Å². The zero-order chi connectivity index (χ0) is 18.5. The van der Waals surface area contributed by atoms with Crippen LogP contribution in [0, 0.1) is 0 Å². The maximum atomic E-state index is 12.1. The fraction of sp³-hybridized carbons (Fsp3) is 0.263. The second-order valence-corrected chi connectivity index (χ2v) is 6.98. The monoisotopic (exact) mass is 416 g/mol. The highest BCUT2D eigenvalue weighted by Crippen LogP contribution is 2.29. The van der Waals surface area contributed by atoms with E-state index in [0.29, 0.717) is 13.0 Å². The second kappa shape index (κ2) is 8.33. The molecule has 6 nitrogen and oxygen atoms in total. The normalized spacial score (nSPS) is 12.1. The molecule has 7 heteroatoms. The van der Waals surface area contributed by atoms with Gasteiger partial charge in [0.1, 0.15) is 6.61 Å². The molecule has 1 unspecified atom stereocenters. The number of hydrogen-bond donors (Lipinski definition) is 2. The first kappa shape index (κ1) is 18.4. The van der Waals surface area contributed by atoms with E-state index in [1.54, 1.807) is 7.05 Å². The van der Waals surface area contributed by atoms with Gasteiger partial charge in [0, 0.05) is 29.5 Å². The van der Waals surface area contributed by atoms with E-state index in [1.165, 1.54) is 4.90 Å². The number of aromatic amines is 1. The molecule has 1 aromatic heterocycles. The highest BCUT2D eigenvalue weighted by Gasteiger charge is 2.17. The number of nitrogens with zero attached hydrogens (tertiary/aromatic N) is 2. The van der Waals surface area contributed by atoms with Crippen LogP contribution in [0.1, 0.15) is 23.7 Å². The van der Waals surface area contributed by atoms with Crippen molar-refractivity contribution >= 4 is 32.9 Å². The lowest BCUT2D eigenvalue weighted by molar-refractivity contribution is 0.104. The number of hydrogen-bond acceptors (Lipinski definition) is 4. The summed E-state index contributed by atoms with van der Waals surface area (Å²) in [5.41, 5.74) is 9.00. The first-order valence-corrected chi connectivity index (χ1v) is 9.15. The summed E-state index contributed by atoms with van der Waals surface area (Å²) >= 11 is 3.54. The van der Waals surface area contributed by atoms with E-state index in [9.17, 15) is 4.79 Å². The summed E-state index contributed by atoms with van der Waals surface area (Å²) in [6.07, 6.45) is 0.229. The Bertz CT molecular complexity index is 882. The van der Waals surface area contributed by atoms with Crippen molar-refractivity contribution in [3.05, 3.63) is 64.3 Å². The quantitative estimate of drug-likeness (QED) is 0.636. The third-order valence-corrected chi connectivity index (χ3v) is 4.88. The predicted molar refractivity (Wildman–Crippen MR) is 105 cm³/mol. The Labute approximate surface area is 160 Å². The van der Waals surface area contributed by atoms with Crippen molar-refractivity contribution in [2.45, 2.75) is 19.1 Å². The number of aromatic nitrogens is 2. The Morgan fingerprint density at radius 1 is 1.27 bits per heavy atom. The molecule has 3 N–H and O–H groups in total. The lowest BCUT2D eigenvalue weighted by Crippen LogP contribution is -2.30. The Morgan fingerprint density at radius 3 is 2.81 bits per heavy atom. The summed E-state index contributed by atoms with van der Waals surface area (Å²) in [5.74, 6) is 0. The fourth-order valence-corrected chi connectivity index (χ4v) is 3.28. The number of fused-ring (bicyclic) bond motifs is 1.